The standard InChI is InChI=1S/C12H11ClF3N5OS/c1-6(23-11-18-19-20-21(11)2)10(22)17-9-5-7(12(14,15)16)3-4-8(9)13/h3-6H,1-2H3,(H,17,22). The first-order chi connectivity index (χ1) is 10.7. The van der Waals surface area contributed by atoms with Crippen molar-refractivity contribution in [3.8, 4) is 0 Å². The quantitative estimate of drug-likeness (QED) is 0.843. The lowest BCUT2D eigenvalue weighted by atomic mass is 10.2. The maximum atomic E-state index is 12.7. The van der Waals surface area contributed by atoms with E-state index < -0.39 is 22.9 Å². The van der Waals surface area contributed by atoms with E-state index in [9.17, 15) is 18.0 Å². The number of nitrogens with one attached hydrogen (secondary N) is 1. The van der Waals surface area contributed by atoms with Crippen LogP contribution < -0.4 is 5.32 Å². The summed E-state index contributed by atoms with van der Waals surface area (Å²) in [6, 6.07) is 2.73. The monoisotopic (exact) mass is 365 g/mol. The van der Waals surface area contributed by atoms with Gasteiger partial charge in [-0.15, -0.1) is 5.10 Å². The number of benzene rings is 1. The lowest BCUT2D eigenvalue weighted by molar-refractivity contribution is -0.137. The van der Waals surface area contributed by atoms with Crippen molar-refractivity contribution in [2.24, 2.45) is 7.05 Å². The molecular formula is C12H11ClF3N5OS. The number of thioether (sulfide) groups is 1. The molecule has 124 valence electrons. The second kappa shape index (κ2) is 6.75. The number of hydrogen-bond acceptors (Lipinski definition) is 5. The van der Waals surface area contributed by atoms with E-state index in [0.717, 1.165) is 30.0 Å². The minimum atomic E-state index is -4.52. The number of carbonyl (C=O) groups is 1. The second-order valence-electron chi connectivity index (χ2n) is 4.53. The van der Waals surface area contributed by atoms with Gasteiger partial charge >= 0.3 is 6.18 Å². The highest BCUT2D eigenvalue weighted by Crippen LogP contribution is 2.34. The predicted octanol–water partition coefficient (Wildman–Crippen LogP) is 3.00. The highest BCUT2D eigenvalue weighted by Gasteiger charge is 2.31. The Morgan fingerprint density at radius 3 is 2.70 bits per heavy atom. The van der Waals surface area contributed by atoms with Gasteiger partial charge in [0.2, 0.25) is 11.1 Å². The van der Waals surface area contributed by atoms with Crippen LogP contribution in [0.4, 0.5) is 18.9 Å². The summed E-state index contributed by atoms with van der Waals surface area (Å²) in [7, 11) is 1.61. The maximum Gasteiger partial charge on any atom is 0.416 e. The molecule has 2 aromatic rings. The molecule has 0 bridgehead atoms. The topological polar surface area (TPSA) is 72.7 Å². The third kappa shape index (κ3) is 4.35. The van der Waals surface area contributed by atoms with Crippen molar-refractivity contribution in [1.82, 2.24) is 20.2 Å². The van der Waals surface area contributed by atoms with Gasteiger partial charge in [-0.1, -0.05) is 23.4 Å². The Morgan fingerprint density at radius 2 is 2.13 bits per heavy atom. The first-order valence-corrected chi connectivity index (χ1v) is 7.51. The summed E-state index contributed by atoms with van der Waals surface area (Å²) in [5, 5.41) is 13.0. The van der Waals surface area contributed by atoms with Gasteiger partial charge in [-0.25, -0.2) is 4.68 Å². The normalized spacial score (nSPS) is 13.0. The number of aryl methyl sites for hydroxylation is 1. The summed E-state index contributed by atoms with van der Waals surface area (Å²) in [5.41, 5.74) is -0.995. The van der Waals surface area contributed by atoms with Crippen molar-refractivity contribution >= 4 is 35.0 Å². The molecule has 1 aromatic carbocycles. The summed E-state index contributed by atoms with van der Waals surface area (Å²) in [6.45, 7) is 1.58. The van der Waals surface area contributed by atoms with Gasteiger partial charge in [0, 0.05) is 7.05 Å². The Bertz CT molecular complexity index is 721. The van der Waals surface area contributed by atoms with Crippen LogP contribution in [0.25, 0.3) is 0 Å². The number of halogens is 4. The molecule has 0 aliphatic carbocycles. The van der Waals surface area contributed by atoms with Crippen molar-refractivity contribution < 1.29 is 18.0 Å². The number of hydrogen-bond donors (Lipinski definition) is 1. The van der Waals surface area contributed by atoms with Gasteiger partial charge in [-0.2, -0.15) is 13.2 Å². The second-order valence-corrected chi connectivity index (χ2v) is 6.24. The Kier molecular flexibility index (Phi) is 5.15. The van der Waals surface area contributed by atoms with E-state index in [-0.39, 0.29) is 10.7 Å². The molecule has 0 saturated carbocycles. The molecule has 2 rings (SSSR count). The molecule has 6 nitrogen and oxygen atoms in total. The predicted molar refractivity (Wildman–Crippen MR) is 79.2 cm³/mol. The van der Waals surface area contributed by atoms with Crippen LogP contribution in [-0.4, -0.2) is 31.4 Å². The largest absolute Gasteiger partial charge is 0.416 e. The molecule has 0 fully saturated rings. The van der Waals surface area contributed by atoms with E-state index in [1.165, 1.54) is 4.68 Å². The number of carbonyl (C=O) groups excluding carboxylic acids is 1. The van der Waals surface area contributed by atoms with E-state index in [1.807, 2.05) is 0 Å². The lowest BCUT2D eigenvalue weighted by Gasteiger charge is -2.14. The first-order valence-electron chi connectivity index (χ1n) is 6.25. The summed E-state index contributed by atoms with van der Waals surface area (Å²) < 4.78 is 39.5. The highest BCUT2D eigenvalue weighted by atomic mass is 35.5. The number of alkyl halides is 3. The van der Waals surface area contributed by atoms with Crippen molar-refractivity contribution in [2.75, 3.05) is 5.32 Å². The summed E-state index contributed by atoms with van der Waals surface area (Å²) in [5.74, 6) is -0.515. The van der Waals surface area contributed by atoms with Crippen molar-refractivity contribution in [3.05, 3.63) is 28.8 Å². The minimum Gasteiger partial charge on any atom is -0.324 e. The van der Waals surface area contributed by atoms with Crippen LogP contribution in [0.2, 0.25) is 5.02 Å². The Morgan fingerprint density at radius 1 is 1.43 bits per heavy atom. The van der Waals surface area contributed by atoms with Crippen molar-refractivity contribution in [1.29, 1.82) is 0 Å². The molecule has 1 heterocycles. The van der Waals surface area contributed by atoms with Crippen LogP contribution in [0.15, 0.2) is 23.4 Å². The number of rotatable bonds is 4. The summed E-state index contributed by atoms with van der Waals surface area (Å²) in [4.78, 5) is 12.1. The molecule has 0 spiro atoms. The Hall–Kier alpha value is -1.81. The zero-order valence-corrected chi connectivity index (χ0v) is 13.5. The molecule has 11 heteroatoms. The van der Waals surface area contributed by atoms with Crippen LogP contribution >= 0.6 is 23.4 Å². The van der Waals surface area contributed by atoms with Gasteiger partial charge in [-0.05, 0) is 35.5 Å². The molecule has 1 amide bonds. The Balaban J connectivity index is 2.12. The summed E-state index contributed by atoms with van der Waals surface area (Å²) in [6.07, 6.45) is -4.52. The third-order valence-electron chi connectivity index (χ3n) is 2.78. The molecule has 23 heavy (non-hydrogen) atoms. The molecule has 0 saturated heterocycles. The van der Waals surface area contributed by atoms with Crippen LogP contribution in [0.3, 0.4) is 0 Å². The maximum absolute atomic E-state index is 12.7. The number of amides is 1. The molecule has 0 aliphatic rings. The van der Waals surface area contributed by atoms with Gasteiger partial charge in [0.05, 0.1) is 21.5 Å². The Labute approximate surface area is 138 Å². The van der Waals surface area contributed by atoms with Crippen LogP contribution in [0.1, 0.15) is 12.5 Å². The number of aromatic nitrogens is 4. The fourth-order valence-corrected chi connectivity index (χ4v) is 2.48. The highest BCUT2D eigenvalue weighted by molar-refractivity contribution is 8.00. The van der Waals surface area contributed by atoms with E-state index in [4.69, 9.17) is 11.6 Å². The fourth-order valence-electron chi connectivity index (χ4n) is 1.56. The first kappa shape index (κ1) is 17.5. The van der Waals surface area contributed by atoms with Crippen molar-refractivity contribution in [3.63, 3.8) is 0 Å². The van der Waals surface area contributed by atoms with Crippen LogP contribution in [-0.2, 0) is 18.0 Å². The minimum absolute atomic E-state index is 0.0175. The van der Waals surface area contributed by atoms with E-state index in [1.54, 1.807) is 14.0 Å². The van der Waals surface area contributed by atoms with E-state index in [2.05, 4.69) is 20.8 Å². The van der Waals surface area contributed by atoms with E-state index >= 15 is 0 Å². The van der Waals surface area contributed by atoms with Gasteiger partial charge in [-0.3, -0.25) is 4.79 Å². The zero-order chi connectivity index (χ0) is 17.2. The summed E-state index contributed by atoms with van der Waals surface area (Å²) >= 11 is 6.91. The van der Waals surface area contributed by atoms with Crippen molar-refractivity contribution in [2.45, 2.75) is 23.5 Å². The molecule has 1 aromatic heterocycles. The molecule has 0 radical (unpaired) electrons. The zero-order valence-electron chi connectivity index (χ0n) is 11.9. The average molecular weight is 366 g/mol. The van der Waals surface area contributed by atoms with Crippen LogP contribution in [0, 0.1) is 0 Å². The molecule has 1 N–H and O–H groups in total. The fraction of sp³-hybridized carbons (Fsp3) is 0.333. The van der Waals surface area contributed by atoms with Gasteiger partial charge < -0.3 is 5.32 Å². The molecular weight excluding hydrogens is 355 g/mol. The number of anilines is 1. The van der Waals surface area contributed by atoms with E-state index in [0.29, 0.717) is 5.16 Å². The SMILES string of the molecule is CC(Sc1nnnn1C)C(=O)Nc1cc(C(F)(F)F)ccc1Cl. The molecule has 1 unspecified atom stereocenters. The molecule has 1 atom stereocenters. The molecule has 0 aliphatic heterocycles. The number of tetrazole rings is 1. The lowest BCUT2D eigenvalue weighted by Crippen LogP contribution is -2.23. The number of nitrogens with zero attached hydrogens (tertiary/aromatic N) is 4. The third-order valence-corrected chi connectivity index (χ3v) is 4.24. The van der Waals surface area contributed by atoms with Gasteiger partial charge in [0.1, 0.15) is 0 Å². The van der Waals surface area contributed by atoms with Gasteiger partial charge in [0.15, 0.2) is 0 Å². The smallest absolute Gasteiger partial charge is 0.324 e. The average Bonchev–Trinajstić information content (AvgIpc) is 2.85. The van der Waals surface area contributed by atoms with Gasteiger partial charge in [0.25, 0.3) is 0 Å². The van der Waals surface area contributed by atoms with Crippen LogP contribution in [0.5, 0.6) is 0 Å².